The van der Waals surface area contributed by atoms with E-state index in [1.54, 1.807) is 0 Å². The molecule has 0 amide bonds. The van der Waals surface area contributed by atoms with E-state index >= 15 is 0 Å². The molecule has 2 aromatic rings. The molecule has 0 unspecified atom stereocenters. The van der Waals surface area contributed by atoms with Crippen LogP contribution in [0.5, 0.6) is 0 Å². The molecule has 1 heterocycles. The zero-order valence-corrected chi connectivity index (χ0v) is 8.27. The quantitative estimate of drug-likeness (QED) is 0.822. The van der Waals surface area contributed by atoms with Crippen molar-refractivity contribution >= 4 is 21.7 Å². The predicted molar refractivity (Wildman–Crippen MR) is 53.5 cm³/mol. The third kappa shape index (κ3) is 1.55. The Kier molecular flexibility index (Phi) is 2.02. The second kappa shape index (κ2) is 3.18. The van der Waals surface area contributed by atoms with E-state index in [4.69, 9.17) is 5.73 Å². The summed E-state index contributed by atoms with van der Waals surface area (Å²) in [4.78, 5) is 1.49. The number of nitrogen functional groups attached to an aromatic ring is 1. The third-order valence-electron chi connectivity index (χ3n) is 1.58. The molecule has 0 aliphatic rings. The van der Waals surface area contributed by atoms with Gasteiger partial charge in [0, 0.05) is 0 Å². The van der Waals surface area contributed by atoms with Crippen LogP contribution in [0.25, 0.3) is 5.69 Å². The van der Waals surface area contributed by atoms with Crippen LogP contribution in [-0.2, 0) is 0 Å². The first-order chi connectivity index (χ1) is 6.27. The van der Waals surface area contributed by atoms with Gasteiger partial charge in [-0.25, -0.2) is 0 Å². The summed E-state index contributed by atoms with van der Waals surface area (Å²) < 4.78 is 0.566. The molecule has 66 valence electrons. The zero-order valence-electron chi connectivity index (χ0n) is 6.68. The maximum absolute atomic E-state index is 5.54. The molecule has 1 aromatic heterocycles. The summed E-state index contributed by atoms with van der Waals surface area (Å²) in [6.07, 6.45) is 0. The average molecular weight is 239 g/mol. The van der Waals surface area contributed by atoms with Crippen molar-refractivity contribution in [2.75, 3.05) is 5.73 Å². The smallest absolute Gasteiger partial charge is 0.181 e. The molecule has 0 spiro atoms. The predicted octanol–water partition coefficient (Wildman–Crippen LogP) is 1.61. The summed E-state index contributed by atoms with van der Waals surface area (Å²) >= 11 is 3.19. The van der Waals surface area contributed by atoms with Crippen LogP contribution in [0.3, 0.4) is 0 Å². The molecule has 0 radical (unpaired) electrons. The first-order valence-electron chi connectivity index (χ1n) is 3.71. The largest absolute Gasteiger partial charge is 0.380 e. The molecule has 0 bridgehead atoms. The minimum Gasteiger partial charge on any atom is -0.380 e. The molecule has 0 atom stereocenters. The van der Waals surface area contributed by atoms with Crippen LogP contribution in [0.15, 0.2) is 34.9 Å². The molecule has 4 nitrogen and oxygen atoms in total. The van der Waals surface area contributed by atoms with E-state index < -0.39 is 0 Å². The first kappa shape index (κ1) is 8.25. The topological polar surface area (TPSA) is 56.7 Å². The van der Waals surface area contributed by atoms with Gasteiger partial charge in [-0.3, -0.25) is 0 Å². The third-order valence-corrected chi connectivity index (χ3v) is 2.15. The molecule has 0 aliphatic carbocycles. The Morgan fingerprint density at radius 1 is 1.15 bits per heavy atom. The number of benzene rings is 1. The van der Waals surface area contributed by atoms with E-state index in [0.29, 0.717) is 10.4 Å². The van der Waals surface area contributed by atoms with Crippen LogP contribution < -0.4 is 5.73 Å². The van der Waals surface area contributed by atoms with Crippen LogP contribution >= 0.6 is 15.9 Å². The highest BCUT2D eigenvalue weighted by Gasteiger charge is 2.04. The van der Waals surface area contributed by atoms with E-state index in [9.17, 15) is 0 Å². The van der Waals surface area contributed by atoms with Crippen LogP contribution in [0.1, 0.15) is 0 Å². The molecule has 0 aliphatic heterocycles. The Morgan fingerprint density at radius 3 is 2.38 bits per heavy atom. The maximum Gasteiger partial charge on any atom is 0.181 e. The van der Waals surface area contributed by atoms with Gasteiger partial charge in [-0.1, -0.05) is 18.2 Å². The fraction of sp³-hybridized carbons (Fsp3) is 0. The van der Waals surface area contributed by atoms with E-state index in [2.05, 4.69) is 26.1 Å². The minimum atomic E-state index is 0.392. The summed E-state index contributed by atoms with van der Waals surface area (Å²) in [7, 11) is 0. The van der Waals surface area contributed by atoms with Gasteiger partial charge in [-0.2, -0.15) is 0 Å². The Morgan fingerprint density at radius 2 is 1.85 bits per heavy atom. The van der Waals surface area contributed by atoms with Crippen LogP contribution in [-0.4, -0.2) is 15.0 Å². The number of anilines is 1. The summed E-state index contributed by atoms with van der Waals surface area (Å²) in [5.41, 5.74) is 6.43. The second-order valence-corrected chi connectivity index (χ2v) is 3.25. The van der Waals surface area contributed by atoms with Crippen molar-refractivity contribution in [1.29, 1.82) is 0 Å². The number of rotatable bonds is 1. The van der Waals surface area contributed by atoms with E-state index in [1.165, 1.54) is 4.80 Å². The number of hydrogen-bond acceptors (Lipinski definition) is 3. The zero-order chi connectivity index (χ0) is 9.26. The number of hydrogen-bond donors (Lipinski definition) is 1. The number of aromatic nitrogens is 3. The lowest BCUT2D eigenvalue weighted by molar-refractivity contribution is 0.750. The van der Waals surface area contributed by atoms with Crippen molar-refractivity contribution in [3.63, 3.8) is 0 Å². The molecule has 5 heteroatoms. The van der Waals surface area contributed by atoms with Crippen molar-refractivity contribution in [3.05, 3.63) is 34.9 Å². The molecular weight excluding hydrogens is 232 g/mol. The molecule has 0 saturated carbocycles. The fourth-order valence-corrected chi connectivity index (χ4v) is 1.21. The highest BCUT2D eigenvalue weighted by molar-refractivity contribution is 9.10. The highest BCUT2D eigenvalue weighted by Crippen LogP contribution is 2.14. The van der Waals surface area contributed by atoms with Crippen LogP contribution in [0, 0.1) is 0 Å². The standard InChI is InChI=1S/C8H7BrN4/c9-7-8(10)12-13(11-7)6-4-2-1-3-5-6/h1-5H,(H2,10,12). The Hall–Kier alpha value is -1.36. The minimum absolute atomic E-state index is 0.392. The lowest BCUT2D eigenvalue weighted by Gasteiger charge is -1.95. The molecule has 0 saturated heterocycles. The highest BCUT2D eigenvalue weighted by atomic mass is 79.9. The molecule has 0 fully saturated rings. The summed E-state index contributed by atoms with van der Waals surface area (Å²) in [6.45, 7) is 0. The van der Waals surface area contributed by atoms with Gasteiger partial charge in [-0.15, -0.1) is 15.0 Å². The molecule has 1 aromatic carbocycles. The van der Waals surface area contributed by atoms with Crippen molar-refractivity contribution in [1.82, 2.24) is 15.0 Å². The number of nitrogens with zero attached hydrogens (tertiary/aromatic N) is 3. The van der Waals surface area contributed by atoms with Gasteiger partial charge in [0.15, 0.2) is 10.4 Å². The number of para-hydroxylation sites is 1. The normalized spacial score (nSPS) is 10.2. The molecular formula is C8H7BrN4. The summed E-state index contributed by atoms with van der Waals surface area (Å²) in [5, 5.41) is 8.09. The fourth-order valence-electron chi connectivity index (χ4n) is 0.977. The average Bonchev–Trinajstić information content (AvgIpc) is 2.49. The van der Waals surface area contributed by atoms with Crippen molar-refractivity contribution in [2.24, 2.45) is 0 Å². The summed E-state index contributed by atoms with van der Waals surface area (Å²) in [6, 6.07) is 9.59. The van der Waals surface area contributed by atoms with Gasteiger partial charge in [0.25, 0.3) is 0 Å². The van der Waals surface area contributed by atoms with Gasteiger partial charge in [-0.05, 0) is 28.1 Å². The van der Waals surface area contributed by atoms with Gasteiger partial charge >= 0.3 is 0 Å². The Bertz CT molecular complexity index is 390. The van der Waals surface area contributed by atoms with Crippen molar-refractivity contribution in [3.8, 4) is 5.69 Å². The Balaban J connectivity index is 2.48. The van der Waals surface area contributed by atoms with Gasteiger partial charge in [0.2, 0.25) is 0 Å². The number of halogens is 1. The number of nitrogens with two attached hydrogens (primary N) is 1. The SMILES string of the molecule is Nc1nn(-c2ccccc2)nc1Br. The van der Waals surface area contributed by atoms with Gasteiger partial charge in [0.1, 0.15) is 0 Å². The van der Waals surface area contributed by atoms with Crippen molar-refractivity contribution < 1.29 is 0 Å². The second-order valence-electron chi connectivity index (χ2n) is 2.50. The van der Waals surface area contributed by atoms with E-state index in [1.807, 2.05) is 30.3 Å². The lowest BCUT2D eigenvalue weighted by atomic mass is 10.3. The van der Waals surface area contributed by atoms with Crippen molar-refractivity contribution in [2.45, 2.75) is 0 Å². The lowest BCUT2D eigenvalue weighted by Crippen LogP contribution is -1.98. The van der Waals surface area contributed by atoms with Gasteiger partial charge in [0.05, 0.1) is 5.69 Å². The summed E-state index contributed by atoms with van der Waals surface area (Å²) in [5.74, 6) is 0.392. The van der Waals surface area contributed by atoms with E-state index in [0.717, 1.165) is 5.69 Å². The Labute approximate surface area is 83.5 Å². The molecule has 13 heavy (non-hydrogen) atoms. The van der Waals surface area contributed by atoms with Crippen LogP contribution in [0.2, 0.25) is 0 Å². The van der Waals surface area contributed by atoms with E-state index in [-0.39, 0.29) is 0 Å². The van der Waals surface area contributed by atoms with Crippen LogP contribution in [0.4, 0.5) is 5.82 Å². The maximum atomic E-state index is 5.54. The molecule has 2 rings (SSSR count). The van der Waals surface area contributed by atoms with Gasteiger partial charge < -0.3 is 5.73 Å². The monoisotopic (exact) mass is 238 g/mol. The first-order valence-corrected chi connectivity index (χ1v) is 4.50. The molecule has 2 N–H and O–H groups in total.